The van der Waals surface area contributed by atoms with E-state index in [2.05, 4.69) is 4.90 Å². The highest BCUT2D eigenvalue weighted by atomic mass is 16.4. The second kappa shape index (κ2) is 4.85. The summed E-state index contributed by atoms with van der Waals surface area (Å²) in [7, 11) is 0. The normalized spacial score (nSPS) is 29.5. The summed E-state index contributed by atoms with van der Waals surface area (Å²) >= 11 is 0. The molecule has 1 aliphatic heterocycles. The van der Waals surface area contributed by atoms with Gasteiger partial charge in [0.15, 0.2) is 0 Å². The van der Waals surface area contributed by atoms with Crippen molar-refractivity contribution in [2.24, 2.45) is 0 Å². The van der Waals surface area contributed by atoms with Crippen molar-refractivity contribution in [1.82, 2.24) is 0 Å². The van der Waals surface area contributed by atoms with E-state index in [4.69, 9.17) is 5.11 Å². The Morgan fingerprint density at radius 2 is 2.11 bits per heavy atom. The third kappa shape index (κ3) is 2.21. The fourth-order valence-electron chi connectivity index (χ4n) is 3.51. The standard InChI is InChI=1S/C15H19NO3/c17-14-7-3-6-13(14)16-9-10(8-15(18)19)11-4-1-2-5-12(11)16/h1-2,4-5,10,13-14,17H,3,6-9H2,(H,18,19). The van der Waals surface area contributed by atoms with E-state index in [0.29, 0.717) is 6.54 Å². The van der Waals surface area contributed by atoms with Crippen molar-refractivity contribution in [3.63, 3.8) is 0 Å². The van der Waals surface area contributed by atoms with Crippen LogP contribution in [0, 0.1) is 0 Å². The van der Waals surface area contributed by atoms with Gasteiger partial charge < -0.3 is 15.1 Å². The van der Waals surface area contributed by atoms with Gasteiger partial charge in [-0.05, 0) is 30.9 Å². The van der Waals surface area contributed by atoms with Crippen molar-refractivity contribution in [3.05, 3.63) is 29.8 Å². The summed E-state index contributed by atoms with van der Waals surface area (Å²) in [5.74, 6) is -0.713. The number of aliphatic hydroxyl groups excluding tert-OH is 1. The minimum absolute atomic E-state index is 0.0431. The summed E-state index contributed by atoms with van der Waals surface area (Å²) in [6, 6.07) is 8.16. The number of para-hydroxylation sites is 1. The zero-order valence-corrected chi connectivity index (χ0v) is 10.8. The zero-order chi connectivity index (χ0) is 13.4. The number of hydrogen-bond acceptors (Lipinski definition) is 3. The summed E-state index contributed by atoms with van der Waals surface area (Å²) in [5.41, 5.74) is 2.23. The molecule has 0 aromatic heterocycles. The Morgan fingerprint density at radius 3 is 2.79 bits per heavy atom. The van der Waals surface area contributed by atoms with Gasteiger partial charge in [-0.1, -0.05) is 18.2 Å². The molecule has 19 heavy (non-hydrogen) atoms. The zero-order valence-electron chi connectivity index (χ0n) is 10.8. The first-order chi connectivity index (χ1) is 9.16. The van der Waals surface area contributed by atoms with E-state index >= 15 is 0 Å². The lowest BCUT2D eigenvalue weighted by Gasteiger charge is -2.29. The number of nitrogens with zero attached hydrogens (tertiary/aromatic N) is 1. The summed E-state index contributed by atoms with van der Waals surface area (Å²) in [6.07, 6.45) is 2.78. The molecule has 2 N–H and O–H groups in total. The number of benzene rings is 1. The van der Waals surface area contributed by atoms with Crippen LogP contribution in [0.15, 0.2) is 24.3 Å². The van der Waals surface area contributed by atoms with Crippen LogP contribution in [0.3, 0.4) is 0 Å². The quantitative estimate of drug-likeness (QED) is 0.873. The molecule has 2 aliphatic rings. The van der Waals surface area contributed by atoms with Gasteiger partial charge >= 0.3 is 5.97 Å². The third-order valence-electron chi connectivity index (χ3n) is 4.37. The van der Waals surface area contributed by atoms with Crippen LogP contribution in [0.25, 0.3) is 0 Å². The second-order valence-electron chi connectivity index (χ2n) is 5.57. The highest BCUT2D eigenvalue weighted by molar-refractivity contribution is 5.71. The van der Waals surface area contributed by atoms with Gasteiger partial charge in [-0.25, -0.2) is 0 Å². The molecule has 102 valence electrons. The van der Waals surface area contributed by atoms with E-state index in [0.717, 1.165) is 30.5 Å². The summed E-state index contributed by atoms with van der Waals surface area (Å²) in [5, 5.41) is 19.1. The highest BCUT2D eigenvalue weighted by Gasteiger charge is 2.38. The Kier molecular flexibility index (Phi) is 3.19. The minimum Gasteiger partial charge on any atom is -0.481 e. The van der Waals surface area contributed by atoms with Crippen LogP contribution < -0.4 is 4.90 Å². The monoisotopic (exact) mass is 261 g/mol. The number of carbonyl (C=O) groups is 1. The smallest absolute Gasteiger partial charge is 0.304 e. The van der Waals surface area contributed by atoms with E-state index < -0.39 is 5.97 Å². The van der Waals surface area contributed by atoms with Crippen molar-refractivity contribution in [1.29, 1.82) is 0 Å². The number of carboxylic acids is 1. The Hall–Kier alpha value is -1.55. The molecule has 4 heteroatoms. The number of hydrogen-bond donors (Lipinski definition) is 2. The van der Waals surface area contributed by atoms with Crippen LogP contribution in [0.2, 0.25) is 0 Å². The van der Waals surface area contributed by atoms with E-state index in [1.54, 1.807) is 0 Å². The van der Waals surface area contributed by atoms with Crippen LogP contribution in [-0.4, -0.2) is 34.9 Å². The van der Waals surface area contributed by atoms with Gasteiger partial charge in [0, 0.05) is 18.2 Å². The molecule has 1 aromatic carbocycles. The first-order valence-electron chi connectivity index (χ1n) is 6.92. The van der Waals surface area contributed by atoms with E-state index in [1.165, 1.54) is 0 Å². The maximum atomic E-state index is 11.0. The number of fused-ring (bicyclic) bond motifs is 1. The maximum Gasteiger partial charge on any atom is 0.304 e. The van der Waals surface area contributed by atoms with E-state index in [9.17, 15) is 9.90 Å². The van der Waals surface area contributed by atoms with Crippen molar-refractivity contribution < 1.29 is 15.0 Å². The fraction of sp³-hybridized carbons (Fsp3) is 0.533. The fourth-order valence-corrected chi connectivity index (χ4v) is 3.51. The molecule has 3 rings (SSSR count). The molecule has 3 unspecified atom stereocenters. The first-order valence-corrected chi connectivity index (χ1v) is 6.92. The highest BCUT2D eigenvalue weighted by Crippen LogP contribution is 2.41. The summed E-state index contributed by atoms with van der Waals surface area (Å²) in [4.78, 5) is 13.2. The van der Waals surface area contributed by atoms with Gasteiger partial charge in [0.25, 0.3) is 0 Å². The van der Waals surface area contributed by atoms with Crippen molar-refractivity contribution in [3.8, 4) is 0 Å². The molecule has 1 aliphatic carbocycles. The van der Waals surface area contributed by atoms with E-state index in [-0.39, 0.29) is 24.5 Å². The number of carboxylic acid groups (broad SMARTS) is 1. The maximum absolute atomic E-state index is 11.0. The molecule has 0 radical (unpaired) electrons. The Labute approximate surface area is 112 Å². The van der Waals surface area contributed by atoms with Crippen molar-refractivity contribution in [2.75, 3.05) is 11.4 Å². The van der Waals surface area contributed by atoms with Crippen LogP contribution in [0.4, 0.5) is 5.69 Å². The molecule has 1 saturated carbocycles. The van der Waals surface area contributed by atoms with Gasteiger partial charge in [0.2, 0.25) is 0 Å². The molecule has 1 fully saturated rings. The lowest BCUT2D eigenvalue weighted by molar-refractivity contribution is -0.137. The minimum atomic E-state index is -0.756. The van der Waals surface area contributed by atoms with Gasteiger partial charge in [0.1, 0.15) is 0 Å². The van der Waals surface area contributed by atoms with Crippen molar-refractivity contribution >= 4 is 11.7 Å². The van der Waals surface area contributed by atoms with Crippen molar-refractivity contribution in [2.45, 2.75) is 43.7 Å². The molecule has 1 heterocycles. The first kappa shape index (κ1) is 12.5. The third-order valence-corrected chi connectivity index (χ3v) is 4.37. The van der Waals surface area contributed by atoms with Crippen LogP contribution in [-0.2, 0) is 4.79 Å². The molecular weight excluding hydrogens is 242 g/mol. The second-order valence-corrected chi connectivity index (χ2v) is 5.57. The molecule has 0 saturated heterocycles. The van der Waals surface area contributed by atoms with Crippen LogP contribution in [0.1, 0.15) is 37.2 Å². The number of aliphatic carboxylic acids is 1. The lowest BCUT2D eigenvalue weighted by atomic mass is 9.98. The predicted molar refractivity (Wildman–Crippen MR) is 72.4 cm³/mol. The van der Waals surface area contributed by atoms with Gasteiger partial charge in [-0.3, -0.25) is 4.79 Å². The number of rotatable bonds is 3. The van der Waals surface area contributed by atoms with Gasteiger partial charge in [-0.15, -0.1) is 0 Å². The van der Waals surface area contributed by atoms with E-state index in [1.807, 2.05) is 24.3 Å². The van der Waals surface area contributed by atoms with Gasteiger partial charge in [-0.2, -0.15) is 0 Å². The summed E-state index contributed by atoms with van der Waals surface area (Å²) < 4.78 is 0. The van der Waals surface area contributed by atoms with Gasteiger partial charge in [0.05, 0.1) is 18.6 Å². The largest absolute Gasteiger partial charge is 0.481 e. The van der Waals surface area contributed by atoms with Crippen LogP contribution >= 0.6 is 0 Å². The molecule has 0 spiro atoms. The number of aliphatic hydroxyl groups is 1. The molecule has 1 aromatic rings. The molecular formula is C15H19NO3. The lowest BCUT2D eigenvalue weighted by Crippen LogP contribution is -2.39. The predicted octanol–water partition coefficient (Wildman–Crippen LogP) is 1.98. The number of anilines is 1. The Bertz CT molecular complexity index is 488. The summed E-state index contributed by atoms with van der Waals surface area (Å²) in [6.45, 7) is 0.716. The Morgan fingerprint density at radius 1 is 1.32 bits per heavy atom. The molecule has 4 nitrogen and oxygen atoms in total. The molecule has 0 amide bonds. The topological polar surface area (TPSA) is 60.8 Å². The Balaban J connectivity index is 1.90. The van der Waals surface area contributed by atoms with Crippen LogP contribution in [0.5, 0.6) is 0 Å². The molecule has 0 bridgehead atoms. The molecule has 3 atom stereocenters. The average molecular weight is 261 g/mol. The SMILES string of the molecule is O=C(O)CC1CN(C2CCCC2O)c2ccccc21. The average Bonchev–Trinajstić information content (AvgIpc) is 2.94.